The lowest BCUT2D eigenvalue weighted by Crippen LogP contribution is -2.55. The number of benzene rings is 4. The Labute approximate surface area is 287 Å². The van der Waals surface area contributed by atoms with E-state index in [1.807, 2.05) is 36.4 Å². The molecule has 4 aromatic rings. The molecule has 0 aliphatic heterocycles. The Kier molecular flexibility index (Phi) is 11.6. The van der Waals surface area contributed by atoms with Gasteiger partial charge in [0.05, 0.1) is 10.6 Å². The van der Waals surface area contributed by atoms with E-state index < -0.39 is 28.5 Å². The van der Waals surface area contributed by atoms with E-state index in [4.69, 9.17) is 23.2 Å². The number of carbonyl (C=O) groups excluding carboxylic acids is 2. The smallest absolute Gasteiger partial charge is 0.264 e. The summed E-state index contributed by atoms with van der Waals surface area (Å²) in [4.78, 5) is 30.4. The summed E-state index contributed by atoms with van der Waals surface area (Å²) < 4.78 is 29.5. The Balaban J connectivity index is 1.58. The first kappa shape index (κ1) is 34.5. The molecule has 10 heteroatoms. The van der Waals surface area contributed by atoms with Crippen LogP contribution in [0.25, 0.3) is 0 Å². The molecule has 2 amide bonds. The fraction of sp³-hybridized carbons (Fsp3) is 0.297. The van der Waals surface area contributed by atoms with Crippen molar-refractivity contribution in [3.05, 3.63) is 130 Å². The SMILES string of the molecule is Cc1ccccc1N(CC(=O)N(Cc1ccc(Cl)cc1Cl)[C@H](Cc1ccccc1)C(=O)NC1CCCCC1)S(=O)(=O)c1ccccc1. The van der Waals surface area contributed by atoms with Crippen molar-refractivity contribution in [2.24, 2.45) is 0 Å². The maximum absolute atomic E-state index is 14.7. The highest BCUT2D eigenvalue weighted by Crippen LogP contribution is 2.29. The minimum Gasteiger partial charge on any atom is -0.352 e. The Morgan fingerprint density at radius 2 is 1.49 bits per heavy atom. The van der Waals surface area contributed by atoms with E-state index >= 15 is 0 Å². The molecule has 5 rings (SSSR count). The average Bonchev–Trinajstić information content (AvgIpc) is 3.07. The van der Waals surface area contributed by atoms with Gasteiger partial charge in [0.2, 0.25) is 11.8 Å². The number of halogens is 2. The molecule has 47 heavy (non-hydrogen) atoms. The summed E-state index contributed by atoms with van der Waals surface area (Å²) in [7, 11) is -4.18. The van der Waals surface area contributed by atoms with Gasteiger partial charge in [0.1, 0.15) is 12.6 Å². The third-order valence-corrected chi connectivity index (χ3v) is 10.9. The van der Waals surface area contributed by atoms with Gasteiger partial charge in [-0.05, 0) is 66.8 Å². The zero-order chi connectivity index (χ0) is 33.4. The highest BCUT2D eigenvalue weighted by Gasteiger charge is 2.36. The van der Waals surface area contributed by atoms with Crippen LogP contribution in [0.15, 0.2) is 108 Å². The lowest BCUT2D eigenvalue weighted by molar-refractivity contribution is -0.140. The van der Waals surface area contributed by atoms with Crippen LogP contribution < -0.4 is 9.62 Å². The fourth-order valence-corrected chi connectivity index (χ4v) is 7.98. The van der Waals surface area contributed by atoms with Crippen LogP contribution in [0.1, 0.15) is 48.8 Å². The number of aryl methyl sites for hydroxylation is 1. The van der Waals surface area contributed by atoms with Crippen molar-refractivity contribution in [2.45, 2.75) is 69.0 Å². The molecule has 1 saturated carbocycles. The number of anilines is 1. The van der Waals surface area contributed by atoms with Gasteiger partial charge in [0, 0.05) is 29.1 Å². The number of nitrogens with zero attached hydrogens (tertiary/aromatic N) is 2. The van der Waals surface area contributed by atoms with Gasteiger partial charge in [-0.25, -0.2) is 8.42 Å². The van der Waals surface area contributed by atoms with E-state index in [0.717, 1.165) is 42.0 Å². The maximum Gasteiger partial charge on any atom is 0.264 e. The molecule has 0 aromatic heterocycles. The number of hydrogen-bond donors (Lipinski definition) is 1. The third kappa shape index (κ3) is 8.74. The van der Waals surface area contributed by atoms with E-state index in [2.05, 4.69) is 5.32 Å². The molecule has 0 unspecified atom stereocenters. The molecule has 246 valence electrons. The minimum atomic E-state index is -4.18. The first-order chi connectivity index (χ1) is 22.6. The van der Waals surface area contributed by atoms with Crippen LogP contribution in [0.3, 0.4) is 0 Å². The summed E-state index contributed by atoms with van der Waals surface area (Å²) in [6.45, 7) is 1.24. The quantitative estimate of drug-likeness (QED) is 0.166. The normalized spacial score (nSPS) is 14.3. The molecule has 0 radical (unpaired) electrons. The van der Waals surface area contributed by atoms with Crippen molar-refractivity contribution in [3.8, 4) is 0 Å². The molecule has 0 saturated heterocycles. The minimum absolute atomic E-state index is 0.00696. The molecule has 0 bridgehead atoms. The van der Waals surface area contributed by atoms with Crippen molar-refractivity contribution in [3.63, 3.8) is 0 Å². The molecular weight excluding hydrogens is 653 g/mol. The lowest BCUT2D eigenvalue weighted by atomic mass is 9.94. The van der Waals surface area contributed by atoms with Gasteiger partial charge < -0.3 is 10.2 Å². The number of nitrogens with one attached hydrogen (secondary N) is 1. The number of rotatable bonds is 12. The molecular formula is C37H39Cl2N3O4S. The second-order valence-electron chi connectivity index (χ2n) is 11.9. The van der Waals surface area contributed by atoms with Crippen LogP contribution in [-0.2, 0) is 32.6 Å². The average molecular weight is 693 g/mol. The molecule has 1 aliphatic carbocycles. The second-order valence-corrected chi connectivity index (χ2v) is 14.6. The van der Waals surface area contributed by atoms with E-state index in [1.165, 1.54) is 17.0 Å². The fourth-order valence-electron chi connectivity index (χ4n) is 6.01. The monoisotopic (exact) mass is 691 g/mol. The molecule has 1 aliphatic rings. The summed E-state index contributed by atoms with van der Waals surface area (Å²) in [6, 6.07) is 28.6. The highest BCUT2D eigenvalue weighted by atomic mass is 35.5. The Morgan fingerprint density at radius 3 is 2.15 bits per heavy atom. The standard InChI is InChI=1S/C37H39Cl2N3O4S/c1-27-13-11-12-20-34(27)42(47(45,46)32-18-9-4-10-19-32)26-36(43)41(25-29-21-22-30(38)24-33(29)39)35(23-28-14-5-2-6-15-28)37(44)40-31-16-7-3-8-17-31/h2,4-6,9-15,18-22,24,31,35H,3,7-8,16-17,23,25-26H2,1H3,(H,40,44)/t35-/m1/s1. The molecule has 0 heterocycles. The molecule has 1 atom stereocenters. The van der Waals surface area contributed by atoms with Crippen LogP contribution in [-0.4, -0.2) is 43.8 Å². The zero-order valence-corrected chi connectivity index (χ0v) is 28.6. The van der Waals surface area contributed by atoms with Crippen LogP contribution in [0.4, 0.5) is 5.69 Å². The van der Waals surface area contributed by atoms with Gasteiger partial charge in [-0.2, -0.15) is 0 Å². The summed E-state index contributed by atoms with van der Waals surface area (Å²) >= 11 is 12.8. The predicted octanol–water partition coefficient (Wildman–Crippen LogP) is 7.59. The largest absolute Gasteiger partial charge is 0.352 e. The molecule has 7 nitrogen and oxygen atoms in total. The van der Waals surface area contributed by atoms with Crippen molar-refractivity contribution in [2.75, 3.05) is 10.8 Å². The van der Waals surface area contributed by atoms with E-state index in [1.54, 1.807) is 61.5 Å². The van der Waals surface area contributed by atoms with Crippen LogP contribution in [0, 0.1) is 6.92 Å². The second kappa shape index (κ2) is 15.8. The number of sulfonamides is 1. The van der Waals surface area contributed by atoms with E-state index in [0.29, 0.717) is 26.9 Å². The van der Waals surface area contributed by atoms with Crippen molar-refractivity contribution >= 4 is 50.7 Å². The summed E-state index contributed by atoms with van der Waals surface area (Å²) in [6.07, 6.45) is 5.16. The highest BCUT2D eigenvalue weighted by molar-refractivity contribution is 7.92. The van der Waals surface area contributed by atoms with Crippen molar-refractivity contribution in [1.29, 1.82) is 0 Å². The van der Waals surface area contributed by atoms with Gasteiger partial charge in [-0.3, -0.25) is 13.9 Å². The molecule has 1 fully saturated rings. The van der Waals surface area contributed by atoms with E-state index in [9.17, 15) is 18.0 Å². The Bertz CT molecular complexity index is 1780. The topological polar surface area (TPSA) is 86.8 Å². The van der Waals surface area contributed by atoms with Crippen molar-refractivity contribution in [1.82, 2.24) is 10.2 Å². The number of para-hydroxylation sites is 1. The van der Waals surface area contributed by atoms with Crippen LogP contribution in [0.5, 0.6) is 0 Å². The van der Waals surface area contributed by atoms with Crippen LogP contribution >= 0.6 is 23.2 Å². The third-order valence-electron chi connectivity index (χ3n) is 8.57. The van der Waals surface area contributed by atoms with Crippen molar-refractivity contribution < 1.29 is 18.0 Å². The van der Waals surface area contributed by atoms with Gasteiger partial charge >= 0.3 is 0 Å². The zero-order valence-electron chi connectivity index (χ0n) is 26.3. The summed E-state index contributed by atoms with van der Waals surface area (Å²) in [5.41, 5.74) is 2.51. The molecule has 4 aromatic carbocycles. The first-order valence-corrected chi connectivity index (χ1v) is 18.0. The maximum atomic E-state index is 14.7. The van der Waals surface area contributed by atoms with Gasteiger partial charge in [0.15, 0.2) is 0 Å². The molecule has 1 N–H and O–H groups in total. The predicted molar refractivity (Wildman–Crippen MR) is 188 cm³/mol. The number of carbonyl (C=O) groups is 2. The van der Waals surface area contributed by atoms with Gasteiger partial charge in [-0.1, -0.05) is 115 Å². The Morgan fingerprint density at radius 1 is 0.851 bits per heavy atom. The van der Waals surface area contributed by atoms with E-state index in [-0.39, 0.29) is 29.8 Å². The first-order valence-electron chi connectivity index (χ1n) is 15.8. The van der Waals surface area contributed by atoms with Crippen LogP contribution in [0.2, 0.25) is 10.0 Å². The number of hydrogen-bond acceptors (Lipinski definition) is 4. The van der Waals surface area contributed by atoms with Gasteiger partial charge in [0.25, 0.3) is 10.0 Å². The number of amides is 2. The summed E-state index contributed by atoms with van der Waals surface area (Å²) in [5, 5.41) is 3.99. The van der Waals surface area contributed by atoms with Gasteiger partial charge in [-0.15, -0.1) is 0 Å². The Hall–Kier alpha value is -3.85. The summed E-state index contributed by atoms with van der Waals surface area (Å²) in [5.74, 6) is -0.828. The lowest BCUT2D eigenvalue weighted by Gasteiger charge is -2.35. The molecule has 0 spiro atoms.